The average Bonchev–Trinajstić information content (AvgIpc) is 2.72. The first-order valence-corrected chi connectivity index (χ1v) is 5.72. The third kappa shape index (κ3) is 1.26. The number of nitrogens with zero attached hydrogens (tertiary/aromatic N) is 3. The Labute approximate surface area is 89.1 Å². The lowest BCUT2D eigenvalue weighted by molar-refractivity contribution is 0.672. The largest absolute Gasteiger partial charge is 0.248 e. The number of hydrogen-bond acceptors (Lipinski definition) is 2. The molecular formula is C12H15N3. The third-order valence-electron chi connectivity index (χ3n) is 3.29. The molecule has 3 rings (SSSR count). The summed E-state index contributed by atoms with van der Waals surface area (Å²) in [6.45, 7) is 3.00. The van der Waals surface area contributed by atoms with Crippen molar-refractivity contribution in [2.75, 3.05) is 0 Å². The van der Waals surface area contributed by atoms with Crippen LogP contribution in [0.3, 0.4) is 0 Å². The van der Waals surface area contributed by atoms with Crippen molar-refractivity contribution in [3.05, 3.63) is 23.5 Å². The number of hydrogen-bond donors (Lipinski definition) is 0. The van der Waals surface area contributed by atoms with Crippen LogP contribution in [-0.4, -0.2) is 14.8 Å². The van der Waals surface area contributed by atoms with Crippen LogP contribution in [0, 0.1) is 0 Å². The summed E-state index contributed by atoms with van der Waals surface area (Å²) in [7, 11) is 0. The van der Waals surface area contributed by atoms with Gasteiger partial charge in [0.25, 0.3) is 0 Å². The smallest absolute Gasteiger partial charge is 0.157 e. The number of aryl methyl sites for hydroxylation is 3. The average molecular weight is 201 g/mol. The first-order chi connectivity index (χ1) is 7.40. The van der Waals surface area contributed by atoms with Crippen molar-refractivity contribution in [1.29, 1.82) is 0 Å². The molecule has 15 heavy (non-hydrogen) atoms. The molecule has 3 heteroatoms. The molecule has 1 aliphatic carbocycles. The summed E-state index contributed by atoms with van der Waals surface area (Å²) in [4.78, 5) is 4.53. The Morgan fingerprint density at radius 3 is 3.00 bits per heavy atom. The van der Waals surface area contributed by atoms with Gasteiger partial charge in [-0.05, 0) is 43.7 Å². The lowest BCUT2D eigenvalue weighted by Gasteiger charge is -2.15. The van der Waals surface area contributed by atoms with E-state index >= 15 is 0 Å². The highest BCUT2D eigenvalue weighted by Gasteiger charge is 2.15. The molecule has 2 heterocycles. The molecule has 0 amide bonds. The van der Waals surface area contributed by atoms with E-state index in [2.05, 4.69) is 17.0 Å². The zero-order valence-electron chi connectivity index (χ0n) is 9.03. The minimum atomic E-state index is 0.898. The van der Waals surface area contributed by atoms with Crippen molar-refractivity contribution < 1.29 is 0 Å². The SMILES string of the molecule is CCn1ncc2c3c(cnc21)CCCC3. The van der Waals surface area contributed by atoms with E-state index in [1.807, 2.05) is 17.1 Å². The monoisotopic (exact) mass is 201 g/mol. The summed E-state index contributed by atoms with van der Waals surface area (Å²) >= 11 is 0. The minimum absolute atomic E-state index is 0.898. The van der Waals surface area contributed by atoms with Gasteiger partial charge in [-0.3, -0.25) is 0 Å². The predicted molar refractivity (Wildman–Crippen MR) is 59.8 cm³/mol. The van der Waals surface area contributed by atoms with Crippen LogP contribution in [0.2, 0.25) is 0 Å². The molecule has 0 fully saturated rings. The first-order valence-electron chi connectivity index (χ1n) is 5.72. The Balaban J connectivity index is 2.28. The van der Waals surface area contributed by atoms with Gasteiger partial charge in [-0.1, -0.05) is 0 Å². The van der Waals surface area contributed by atoms with Crippen molar-refractivity contribution in [3.8, 4) is 0 Å². The fourth-order valence-corrected chi connectivity index (χ4v) is 2.48. The molecule has 2 aromatic rings. The lowest BCUT2D eigenvalue weighted by atomic mass is 9.92. The number of pyridine rings is 1. The van der Waals surface area contributed by atoms with E-state index in [1.165, 1.54) is 42.2 Å². The van der Waals surface area contributed by atoms with E-state index in [0.29, 0.717) is 0 Å². The second-order valence-corrected chi connectivity index (χ2v) is 4.17. The minimum Gasteiger partial charge on any atom is -0.248 e. The van der Waals surface area contributed by atoms with Crippen molar-refractivity contribution in [2.24, 2.45) is 0 Å². The van der Waals surface area contributed by atoms with Crippen LogP contribution in [0.15, 0.2) is 12.4 Å². The van der Waals surface area contributed by atoms with Gasteiger partial charge in [0, 0.05) is 18.1 Å². The number of aromatic nitrogens is 3. The van der Waals surface area contributed by atoms with Gasteiger partial charge in [-0.15, -0.1) is 0 Å². The molecule has 1 aliphatic rings. The van der Waals surface area contributed by atoms with Crippen LogP contribution >= 0.6 is 0 Å². The van der Waals surface area contributed by atoms with E-state index in [9.17, 15) is 0 Å². The summed E-state index contributed by atoms with van der Waals surface area (Å²) in [6.07, 6.45) is 9.03. The van der Waals surface area contributed by atoms with Gasteiger partial charge in [0.1, 0.15) is 0 Å². The summed E-state index contributed by atoms with van der Waals surface area (Å²) in [5, 5.41) is 5.65. The topological polar surface area (TPSA) is 30.7 Å². The zero-order chi connectivity index (χ0) is 10.3. The molecule has 0 bridgehead atoms. The maximum absolute atomic E-state index is 4.53. The van der Waals surface area contributed by atoms with Gasteiger partial charge < -0.3 is 0 Å². The van der Waals surface area contributed by atoms with Crippen LogP contribution in [0.1, 0.15) is 30.9 Å². The molecule has 78 valence electrons. The Hall–Kier alpha value is -1.38. The quantitative estimate of drug-likeness (QED) is 0.709. The lowest BCUT2D eigenvalue weighted by Crippen LogP contribution is -2.05. The molecule has 0 aliphatic heterocycles. The van der Waals surface area contributed by atoms with E-state index < -0.39 is 0 Å². The fraction of sp³-hybridized carbons (Fsp3) is 0.500. The van der Waals surface area contributed by atoms with Gasteiger partial charge in [0.2, 0.25) is 0 Å². The van der Waals surface area contributed by atoms with Gasteiger partial charge in [0.15, 0.2) is 5.65 Å². The molecule has 2 aromatic heterocycles. The molecule has 0 spiro atoms. The molecule has 0 saturated heterocycles. The van der Waals surface area contributed by atoms with Crippen LogP contribution in [0.5, 0.6) is 0 Å². The van der Waals surface area contributed by atoms with E-state index in [4.69, 9.17) is 0 Å². The summed E-state index contributed by atoms with van der Waals surface area (Å²) in [6, 6.07) is 0. The molecule has 0 atom stereocenters. The Bertz CT molecular complexity index is 499. The van der Waals surface area contributed by atoms with Crippen molar-refractivity contribution >= 4 is 11.0 Å². The summed E-state index contributed by atoms with van der Waals surface area (Å²) in [5.41, 5.74) is 3.98. The van der Waals surface area contributed by atoms with E-state index in [1.54, 1.807) is 0 Å². The Morgan fingerprint density at radius 2 is 2.13 bits per heavy atom. The van der Waals surface area contributed by atoms with Crippen LogP contribution in [0.25, 0.3) is 11.0 Å². The van der Waals surface area contributed by atoms with Gasteiger partial charge in [-0.25, -0.2) is 9.67 Å². The van der Waals surface area contributed by atoms with E-state index in [-0.39, 0.29) is 0 Å². The summed E-state index contributed by atoms with van der Waals surface area (Å²) in [5.74, 6) is 0. The maximum atomic E-state index is 4.53. The Kier molecular flexibility index (Phi) is 1.97. The van der Waals surface area contributed by atoms with Gasteiger partial charge in [0.05, 0.1) is 6.20 Å². The highest BCUT2D eigenvalue weighted by molar-refractivity contribution is 5.80. The van der Waals surface area contributed by atoms with Crippen molar-refractivity contribution in [2.45, 2.75) is 39.2 Å². The second-order valence-electron chi connectivity index (χ2n) is 4.17. The standard InChI is InChI=1S/C12H15N3/c1-2-15-12-11(8-14-15)10-6-4-3-5-9(10)7-13-12/h7-8H,2-6H2,1H3. The van der Waals surface area contributed by atoms with Gasteiger partial charge >= 0.3 is 0 Å². The molecule has 0 aromatic carbocycles. The van der Waals surface area contributed by atoms with Gasteiger partial charge in [-0.2, -0.15) is 5.10 Å². The molecule has 0 saturated carbocycles. The van der Waals surface area contributed by atoms with Crippen LogP contribution < -0.4 is 0 Å². The van der Waals surface area contributed by atoms with Crippen molar-refractivity contribution in [1.82, 2.24) is 14.8 Å². The van der Waals surface area contributed by atoms with Crippen molar-refractivity contribution in [3.63, 3.8) is 0 Å². The number of rotatable bonds is 1. The van der Waals surface area contributed by atoms with Crippen LogP contribution in [-0.2, 0) is 19.4 Å². The molecule has 0 unspecified atom stereocenters. The number of fused-ring (bicyclic) bond motifs is 3. The normalized spacial score (nSPS) is 15.5. The third-order valence-corrected chi connectivity index (χ3v) is 3.29. The molecular weight excluding hydrogens is 186 g/mol. The Morgan fingerprint density at radius 1 is 1.27 bits per heavy atom. The second kappa shape index (κ2) is 3.33. The maximum Gasteiger partial charge on any atom is 0.157 e. The van der Waals surface area contributed by atoms with Crippen LogP contribution in [0.4, 0.5) is 0 Å². The fourth-order valence-electron chi connectivity index (χ4n) is 2.48. The highest BCUT2D eigenvalue weighted by Crippen LogP contribution is 2.27. The highest BCUT2D eigenvalue weighted by atomic mass is 15.3. The first kappa shape index (κ1) is 8.89. The molecule has 0 N–H and O–H groups in total. The van der Waals surface area contributed by atoms with E-state index in [0.717, 1.165) is 12.2 Å². The summed E-state index contributed by atoms with van der Waals surface area (Å²) < 4.78 is 1.98. The predicted octanol–water partition coefficient (Wildman–Crippen LogP) is 2.33. The zero-order valence-corrected chi connectivity index (χ0v) is 9.03. The molecule has 0 radical (unpaired) electrons. The molecule has 3 nitrogen and oxygen atoms in total.